The Hall–Kier alpha value is -3.01. The lowest BCUT2D eigenvalue weighted by atomic mass is 10.0. The van der Waals surface area contributed by atoms with Gasteiger partial charge in [-0.05, 0) is 37.0 Å². The Morgan fingerprint density at radius 3 is 2.60 bits per heavy atom. The number of methoxy groups -OCH3 is 1. The van der Waals surface area contributed by atoms with Crippen LogP contribution in [-0.4, -0.2) is 30.1 Å². The molecule has 0 saturated carbocycles. The molecule has 0 fully saturated rings. The molecule has 0 aromatic heterocycles. The Bertz CT molecular complexity index is 705. The summed E-state index contributed by atoms with van der Waals surface area (Å²) in [7, 11) is 1.51. The van der Waals surface area contributed by atoms with Crippen molar-refractivity contribution in [2.45, 2.75) is 33.2 Å². The number of ether oxygens (including phenoxy) is 1. The van der Waals surface area contributed by atoms with Crippen molar-refractivity contribution >= 4 is 17.6 Å². The summed E-state index contributed by atoms with van der Waals surface area (Å²) in [5.41, 5.74) is 1.35. The van der Waals surface area contributed by atoms with Crippen LogP contribution in [0.4, 0.5) is 5.69 Å². The number of anilines is 1. The molecular formula is C18H23N3O4. The molecule has 1 amide bonds. The minimum atomic E-state index is -1.13. The van der Waals surface area contributed by atoms with Crippen LogP contribution in [0.2, 0.25) is 0 Å². The van der Waals surface area contributed by atoms with Gasteiger partial charge in [0.25, 0.3) is 5.91 Å². The molecule has 1 unspecified atom stereocenters. The van der Waals surface area contributed by atoms with E-state index in [0.29, 0.717) is 11.4 Å². The number of rotatable bonds is 8. The molecule has 25 heavy (non-hydrogen) atoms. The second-order valence-electron chi connectivity index (χ2n) is 6.01. The van der Waals surface area contributed by atoms with E-state index in [1.807, 2.05) is 26.8 Å². The lowest BCUT2D eigenvalue weighted by Crippen LogP contribution is -2.42. The van der Waals surface area contributed by atoms with Crippen LogP contribution in [-0.2, 0) is 9.59 Å². The van der Waals surface area contributed by atoms with Crippen LogP contribution in [0.15, 0.2) is 30.0 Å². The third-order valence-corrected chi connectivity index (χ3v) is 3.40. The first-order valence-electron chi connectivity index (χ1n) is 7.83. The lowest BCUT2D eigenvalue weighted by molar-refractivity contribution is -0.141. The van der Waals surface area contributed by atoms with E-state index in [9.17, 15) is 20.0 Å². The predicted molar refractivity (Wildman–Crippen MR) is 94.1 cm³/mol. The summed E-state index contributed by atoms with van der Waals surface area (Å²) in [6.07, 6.45) is 1.51. The number of carboxylic acid groups (broad SMARTS) is 1. The van der Waals surface area contributed by atoms with E-state index in [1.165, 1.54) is 13.3 Å². The van der Waals surface area contributed by atoms with E-state index in [0.717, 1.165) is 5.56 Å². The summed E-state index contributed by atoms with van der Waals surface area (Å²) in [5, 5.41) is 23.6. The van der Waals surface area contributed by atoms with Crippen molar-refractivity contribution in [2.75, 3.05) is 12.4 Å². The molecule has 0 radical (unpaired) electrons. The standard InChI is InChI=1S/C18H23N3O4/c1-11(2)7-15(18(23)24)21-17(22)13(9-19)10-20-14-8-12(3)5-6-16(14)25-4/h5-6,8,10-11,15,20H,7H2,1-4H3,(H,21,22)(H,23,24)/b13-10-. The smallest absolute Gasteiger partial charge is 0.326 e. The molecule has 1 aromatic carbocycles. The van der Waals surface area contributed by atoms with Crippen LogP contribution in [0.3, 0.4) is 0 Å². The number of nitrogens with zero attached hydrogens (tertiary/aromatic N) is 1. The molecule has 0 aliphatic heterocycles. The molecule has 0 spiro atoms. The number of carboxylic acids is 1. The van der Waals surface area contributed by atoms with Crippen LogP contribution in [0.25, 0.3) is 0 Å². The molecule has 0 saturated heterocycles. The number of amides is 1. The number of aliphatic carboxylic acids is 1. The molecule has 3 N–H and O–H groups in total. The molecule has 1 atom stereocenters. The molecule has 7 nitrogen and oxygen atoms in total. The molecule has 0 heterocycles. The maximum Gasteiger partial charge on any atom is 0.326 e. The molecule has 0 aliphatic carbocycles. The zero-order chi connectivity index (χ0) is 19.0. The molecule has 7 heteroatoms. The van der Waals surface area contributed by atoms with Gasteiger partial charge >= 0.3 is 5.97 Å². The highest BCUT2D eigenvalue weighted by atomic mass is 16.5. The topological polar surface area (TPSA) is 111 Å². The fourth-order valence-corrected chi connectivity index (χ4v) is 2.16. The number of nitrogens with one attached hydrogen (secondary N) is 2. The molecule has 0 bridgehead atoms. The molecular weight excluding hydrogens is 322 g/mol. The predicted octanol–water partition coefficient (Wildman–Crippen LogP) is 2.44. The second-order valence-corrected chi connectivity index (χ2v) is 6.01. The van der Waals surface area contributed by atoms with Gasteiger partial charge in [0, 0.05) is 6.20 Å². The van der Waals surface area contributed by atoms with Crippen LogP contribution in [0.5, 0.6) is 5.75 Å². The molecule has 1 rings (SSSR count). The zero-order valence-corrected chi connectivity index (χ0v) is 14.8. The monoisotopic (exact) mass is 345 g/mol. The Labute approximate surface area is 147 Å². The van der Waals surface area contributed by atoms with Crippen molar-refractivity contribution in [3.05, 3.63) is 35.5 Å². The second kappa shape index (κ2) is 9.33. The van der Waals surface area contributed by atoms with Crippen molar-refractivity contribution in [3.63, 3.8) is 0 Å². The van der Waals surface area contributed by atoms with Gasteiger partial charge in [0.05, 0.1) is 12.8 Å². The van der Waals surface area contributed by atoms with Gasteiger partial charge in [-0.2, -0.15) is 5.26 Å². The first-order chi connectivity index (χ1) is 11.8. The van der Waals surface area contributed by atoms with Gasteiger partial charge in [0.2, 0.25) is 0 Å². The maximum atomic E-state index is 12.2. The Balaban J connectivity index is 2.92. The summed E-state index contributed by atoms with van der Waals surface area (Å²) in [6.45, 7) is 5.61. The van der Waals surface area contributed by atoms with Crippen molar-refractivity contribution in [1.82, 2.24) is 5.32 Å². The van der Waals surface area contributed by atoms with Gasteiger partial charge in [-0.25, -0.2) is 4.79 Å². The van der Waals surface area contributed by atoms with E-state index in [-0.39, 0.29) is 17.9 Å². The van der Waals surface area contributed by atoms with Gasteiger partial charge in [-0.15, -0.1) is 0 Å². The van der Waals surface area contributed by atoms with Crippen molar-refractivity contribution in [2.24, 2.45) is 5.92 Å². The van der Waals surface area contributed by atoms with Gasteiger partial charge in [-0.3, -0.25) is 4.79 Å². The number of carbonyl (C=O) groups excluding carboxylic acids is 1. The zero-order valence-electron chi connectivity index (χ0n) is 14.8. The van der Waals surface area contributed by atoms with Gasteiger partial charge in [0.1, 0.15) is 23.4 Å². The quantitative estimate of drug-likeness (QED) is 0.493. The summed E-state index contributed by atoms with van der Waals surface area (Å²) < 4.78 is 5.21. The average molecular weight is 345 g/mol. The molecule has 0 aliphatic rings. The number of aryl methyl sites for hydroxylation is 1. The number of nitriles is 1. The third-order valence-electron chi connectivity index (χ3n) is 3.40. The minimum Gasteiger partial charge on any atom is -0.495 e. The van der Waals surface area contributed by atoms with E-state index in [1.54, 1.807) is 18.2 Å². The third kappa shape index (κ3) is 6.18. The highest BCUT2D eigenvalue weighted by Gasteiger charge is 2.22. The van der Waals surface area contributed by atoms with Crippen LogP contribution < -0.4 is 15.4 Å². The summed E-state index contributed by atoms with van der Waals surface area (Å²) in [5.74, 6) is -1.23. The highest BCUT2D eigenvalue weighted by molar-refractivity contribution is 5.99. The molecule has 1 aromatic rings. The SMILES string of the molecule is COc1ccc(C)cc1N/C=C(/C#N)C(=O)NC(CC(C)C)C(=O)O. The van der Waals surface area contributed by atoms with E-state index < -0.39 is 17.9 Å². The molecule has 134 valence electrons. The van der Waals surface area contributed by atoms with Gasteiger partial charge in [0.15, 0.2) is 0 Å². The average Bonchev–Trinajstić information content (AvgIpc) is 2.54. The normalized spacial score (nSPS) is 12.2. The van der Waals surface area contributed by atoms with E-state index >= 15 is 0 Å². The first kappa shape index (κ1) is 20.0. The summed E-state index contributed by atoms with van der Waals surface area (Å²) >= 11 is 0. The fraction of sp³-hybridized carbons (Fsp3) is 0.389. The van der Waals surface area contributed by atoms with E-state index in [4.69, 9.17) is 4.74 Å². The Kier molecular flexibility index (Phi) is 7.47. The maximum absolute atomic E-state index is 12.2. The fourth-order valence-electron chi connectivity index (χ4n) is 2.16. The van der Waals surface area contributed by atoms with Gasteiger partial charge in [-0.1, -0.05) is 19.9 Å². The van der Waals surface area contributed by atoms with Crippen LogP contribution in [0.1, 0.15) is 25.8 Å². The van der Waals surface area contributed by atoms with Crippen LogP contribution >= 0.6 is 0 Å². The Morgan fingerprint density at radius 2 is 2.08 bits per heavy atom. The van der Waals surface area contributed by atoms with Crippen molar-refractivity contribution in [1.29, 1.82) is 5.26 Å². The van der Waals surface area contributed by atoms with E-state index in [2.05, 4.69) is 10.6 Å². The number of carbonyl (C=O) groups is 2. The van der Waals surface area contributed by atoms with Crippen LogP contribution in [0, 0.1) is 24.2 Å². The summed E-state index contributed by atoms with van der Waals surface area (Å²) in [4.78, 5) is 23.4. The number of hydrogen-bond acceptors (Lipinski definition) is 5. The van der Waals surface area contributed by atoms with Crippen molar-refractivity contribution in [3.8, 4) is 11.8 Å². The lowest BCUT2D eigenvalue weighted by Gasteiger charge is -2.16. The number of hydrogen-bond donors (Lipinski definition) is 3. The highest BCUT2D eigenvalue weighted by Crippen LogP contribution is 2.25. The first-order valence-corrected chi connectivity index (χ1v) is 7.83. The van der Waals surface area contributed by atoms with Crippen molar-refractivity contribution < 1.29 is 19.4 Å². The number of benzene rings is 1. The summed E-state index contributed by atoms with van der Waals surface area (Å²) in [6, 6.07) is 6.17. The Morgan fingerprint density at radius 1 is 1.40 bits per heavy atom. The largest absolute Gasteiger partial charge is 0.495 e. The minimum absolute atomic E-state index is 0.0885. The van der Waals surface area contributed by atoms with Gasteiger partial charge < -0.3 is 20.5 Å².